The predicted octanol–water partition coefficient (Wildman–Crippen LogP) is 1.33. The lowest BCUT2D eigenvalue weighted by atomic mass is 9.48. The Balaban J connectivity index is 3.03. The summed E-state index contributed by atoms with van der Waals surface area (Å²) in [4.78, 5) is 0. The van der Waals surface area contributed by atoms with Gasteiger partial charge < -0.3 is 11.1 Å². The van der Waals surface area contributed by atoms with E-state index in [4.69, 9.17) is 5.73 Å². The van der Waals surface area contributed by atoms with Crippen molar-refractivity contribution in [2.24, 2.45) is 16.6 Å². The molecule has 6 nitrogen and oxygen atoms in total. The van der Waals surface area contributed by atoms with Crippen molar-refractivity contribution >= 4 is 0 Å². The Morgan fingerprint density at radius 3 is 2.14 bits per heavy atom. The average molecular weight is 278 g/mol. The van der Waals surface area contributed by atoms with Crippen LogP contribution in [0.3, 0.4) is 0 Å². The van der Waals surface area contributed by atoms with Crippen LogP contribution in [0.2, 0.25) is 0 Å². The maximum Gasteiger partial charge on any atom is 0.150 e. The molecule has 1 fully saturated rings. The first-order chi connectivity index (χ1) is 9.74. The van der Waals surface area contributed by atoms with Gasteiger partial charge in [0, 0.05) is 5.70 Å². The Morgan fingerprint density at radius 1 is 1.14 bits per heavy atom. The minimum absolute atomic E-state index is 0.139. The highest BCUT2D eigenvalue weighted by atomic mass is 15.1. The quantitative estimate of drug-likeness (QED) is 0.642. The molecular formula is C15H14N6. The van der Waals surface area contributed by atoms with Gasteiger partial charge in [0.1, 0.15) is 17.6 Å². The van der Waals surface area contributed by atoms with Crippen molar-refractivity contribution in [1.82, 2.24) is 5.32 Å². The first-order valence-electron chi connectivity index (χ1n) is 6.39. The van der Waals surface area contributed by atoms with Crippen LogP contribution in [0.5, 0.6) is 0 Å². The summed E-state index contributed by atoms with van der Waals surface area (Å²) in [5.74, 6) is 0. The first kappa shape index (κ1) is 14.4. The molecular weight excluding hydrogens is 264 g/mol. The third kappa shape index (κ3) is 1.42. The highest BCUT2D eigenvalue weighted by Crippen LogP contribution is 2.62. The fraction of sp³-hybridized carbons (Fsp3) is 0.467. The van der Waals surface area contributed by atoms with Crippen molar-refractivity contribution < 1.29 is 0 Å². The van der Waals surface area contributed by atoms with Gasteiger partial charge in [-0.3, -0.25) is 0 Å². The lowest BCUT2D eigenvalue weighted by Gasteiger charge is -2.59. The van der Waals surface area contributed by atoms with Crippen LogP contribution in [-0.4, -0.2) is 5.54 Å². The second kappa shape index (κ2) is 4.02. The van der Waals surface area contributed by atoms with Gasteiger partial charge in [0.15, 0.2) is 5.57 Å². The van der Waals surface area contributed by atoms with Crippen molar-refractivity contribution in [2.45, 2.75) is 32.7 Å². The maximum atomic E-state index is 9.83. The summed E-state index contributed by atoms with van der Waals surface area (Å²) in [7, 11) is 0. The van der Waals surface area contributed by atoms with Gasteiger partial charge in [-0.15, -0.1) is 0 Å². The zero-order chi connectivity index (χ0) is 16.1. The Bertz CT molecular complexity index is 742. The lowest BCUT2D eigenvalue weighted by Crippen LogP contribution is -2.66. The number of nitrogens with two attached hydrogens (primary N) is 1. The van der Waals surface area contributed by atoms with Crippen LogP contribution in [-0.2, 0) is 0 Å². The van der Waals surface area contributed by atoms with Gasteiger partial charge in [0.2, 0.25) is 0 Å². The Hall–Kier alpha value is -2.96. The third-order valence-corrected chi connectivity index (χ3v) is 4.58. The van der Waals surface area contributed by atoms with E-state index in [1.54, 1.807) is 0 Å². The van der Waals surface area contributed by atoms with Crippen LogP contribution in [0.1, 0.15) is 27.2 Å². The van der Waals surface area contributed by atoms with Gasteiger partial charge in [0.25, 0.3) is 0 Å². The minimum Gasteiger partial charge on any atom is -0.399 e. The zero-order valence-corrected chi connectivity index (χ0v) is 12.1. The molecule has 0 amide bonds. The molecule has 0 spiro atoms. The first-order valence-corrected chi connectivity index (χ1v) is 6.39. The van der Waals surface area contributed by atoms with Crippen LogP contribution in [0.25, 0.3) is 0 Å². The van der Waals surface area contributed by atoms with Crippen LogP contribution in [0, 0.1) is 56.2 Å². The molecule has 2 bridgehead atoms. The van der Waals surface area contributed by atoms with Crippen LogP contribution in [0.4, 0.5) is 0 Å². The molecule has 1 saturated heterocycles. The normalized spacial score (nSPS) is 32.2. The molecule has 0 radical (unpaired) electrons. The number of hydrogen-bond donors (Lipinski definition) is 2. The fourth-order valence-corrected chi connectivity index (χ4v) is 3.67. The van der Waals surface area contributed by atoms with E-state index in [2.05, 4.69) is 11.4 Å². The van der Waals surface area contributed by atoms with E-state index in [1.165, 1.54) is 0 Å². The van der Waals surface area contributed by atoms with Crippen LogP contribution in [0.15, 0.2) is 22.5 Å². The molecule has 2 heterocycles. The molecule has 0 unspecified atom stereocenters. The number of hydrogen-bond acceptors (Lipinski definition) is 6. The Morgan fingerprint density at radius 2 is 1.71 bits per heavy atom. The molecule has 6 heteroatoms. The molecule has 0 saturated carbocycles. The summed E-state index contributed by atoms with van der Waals surface area (Å²) in [5.41, 5.74) is 3.77. The van der Waals surface area contributed by atoms with Gasteiger partial charge in [-0.05, 0) is 18.8 Å². The van der Waals surface area contributed by atoms with E-state index in [-0.39, 0.29) is 16.8 Å². The number of nitrogens with one attached hydrogen (secondary N) is 1. The molecule has 21 heavy (non-hydrogen) atoms. The molecule has 0 aromatic rings. The number of fused-ring (bicyclic) bond motifs is 2. The van der Waals surface area contributed by atoms with Crippen molar-refractivity contribution in [3.63, 3.8) is 0 Å². The molecule has 2 atom stereocenters. The number of allylic oxidation sites excluding steroid dienone is 2. The molecule has 1 aliphatic carbocycles. The maximum absolute atomic E-state index is 9.83. The van der Waals surface area contributed by atoms with E-state index in [9.17, 15) is 21.0 Å². The summed E-state index contributed by atoms with van der Waals surface area (Å²) in [6.07, 6.45) is 0.526. The van der Waals surface area contributed by atoms with E-state index < -0.39 is 16.4 Å². The van der Waals surface area contributed by atoms with Crippen molar-refractivity contribution in [1.29, 1.82) is 21.0 Å². The summed E-state index contributed by atoms with van der Waals surface area (Å²) in [6.45, 7) is 5.52. The van der Waals surface area contributed by atoms with Gasteiger partial charge >= 0.3 is 0 Å². The van der Waals surface area contributed by atoms with Gasteiger partial charge in [-0.25, -0.2) is 0 Å². The number of rotatable bonds is 0. The Kier molecular flexibility index (Phi) is 2.76. The largest absolute Gasteiger partial charge is 0.399 e. The second-order valence-electron chi connectivity index (χ2n) is 6.25. The number of nitriles is 4. The van der Waals surface area contributed by atoms with Crippen molar-refractivity contribution in [2.75, 3.05) is 0 Å². The highest BCUT2D eigenvalue weighted by molar-refractivity contribution is 5.62. The van der Waals surface area contributed by atoms with Crippen LogP contribution < -0.4 is 11.1 Å². The SMILES string of the molecule is CC1(C)C[C@]2(C)NC(=C(C#N)C#N)[C@]1(C#N)C(C#N)=C2N. The second-order valence-corrected chi connectivity index (χ2v) is 6.25. The van der Waals surface area contributed by atoms with Gasteiger partial charge in [0.05, 0.1) is 28.9 Å². The number of nitrogens with zero attached hydrogens (tertiary/aromatic N) is 4. The summed E-state index contributed by atoms with van der Waals surface area (Å²) in [5, 5.41) is 40.8. The summed E-state index contributed by atoms with van der Waals surface area (Å²) in [6, 6.07) is 7.81. The number of piperidine rings is 1. The predicted molar refractivity (Wildman–Crippen MR) is 73.1 cm³/mol. The van der Waals surface area contributed by atoms with Crippen molar-refractivity contribution in [3.05, 3.63) is 22.5 Å². The molecule has 3 N–H and O–H groups in total. The van der Waals surface area contributed by atoms with E-state index >= 15 is 0 Å². The summed E-state index contributed by atoms with van der Waals surface area (Å²) < 4.78 is 0. The molecule has 104 valence electrons. The van der Waals surface area contributed by atoms with Gasteiger partial charge in [-0.1, -0.05) is 13.8 Å². The third-order valence-electron chi connectivity index (χ3n) is 4.58. The zero-order valence-electron chi connectivity index (χ0n) is 12.1. The van der Waals surface area contributed by atoms with Crippen LogP contribution >= 0.6 is 0 Å². The standard InChI is InChI=1S/C15H14N6/c1-13(2)7-14(3)11(20)10(6-18)15(13,8-19)12(21-14)9(4-16)5-17/h21H,7,20H2,1-3H3/t14-,15-/m0/s1. The minimum atomic E-state index is -1.40. The lowest BCUT2D eigenvalue weighted by molar-refractivity contribution is 0.0771. The van der Waals surface area contributed by atoms with E-state index in [0.717, 1.165) is 0 Å². The molecule has 2 aliphatic heterocycles. The topological polar surface area (TPSA) is 133 Å². The summed E-state index contributed by atoms with van der Waals surface area (Å²) >= 11 is 0. The molecule has 3 aliphatic rings. The fourth-order valence-electron chi connectivity index (χ4n) is 3.67. The van der Waals surface area contributed by atoms with Crippen molar-refractivity contribution in [3.8, 4) is 24.3 Å². The van der Waals surface area contributed by atoms with E-state index in [0.29, 0.717) is 12.1 Å². The van der Waals surface area contributed by atoms with E-state index in [1.807, 2.05) is 39.0 Å². The van der Waals surface area contributed by atoms with Gasteiger partial charge in [-0.2, -0.15) is 21.0 Å². The molecule has 0 aromatic carbocycles. The molecule has 0 aromatic heterocycles. The monoisotopic (exact) mass is 278 g/mol. The smallest absolute Gasteiger partial charge is 0.150 e. The molecule has 3 rings (SSSR count). The Labute approximate surface area is 123 Å². The average Bonchev–Trinajstić information content (AvgIpc) is 2.41. The highest BCUT2D eigenvalue weighted by Gasteiger charge is 2.65.